The lowest BCUT2D eigenvalue weighted by Gasteiger charge is -2.39. The molecule has 4 heteroatoms. The SMILES string of the molecule is C#C.C=C1C[C@]23CC1CCC2c1cccc(C)c1[C@@H]3C(=O)OCCOCCO. The summed E-state index contributed by atoms with van der Waals surface area (Å²) in [6, 6.07) is 6.45. The predicted molar refractivity (Wildman–Crippen MR) is 109 cm³/mol. The number of terminal acetylenes is 1. The molecule has 2 fully saturated rings. The van der Waals surface area contributed by atoms with Crippen LogP contribution in [0.2, 0.25) is 0 Å². The van der Waals surface area contributed by atoms with Crippen LogP contribution in [0.1, 0.15) is 54.2 Å². The van der Waals surface area contributed by atoms with E-state index in [2.05, 4.69) is 44.5 Å². The van der Waals surface area contributed by atoms with Gasteiger partial charge in [0, 0.05) is 0 Å². The van der Waals surface area contributed by atoms with Crippen molar-refractivity contribution in [2.45, 2.75) is 44.4 Å². The van der Waals surface area contributed by atoms with E-state index in [1.165, 1.54) is 28.7 Å². The molecule has 1 aromatic rings. The van der Waals surface area contributed by atoms with Crippen molar-refractivity contribution < 1.29 is 19.4 Å². The number of aliphatic hydroxyl groups is 1. The minimum absolute atomic E-state index is 0.0164. The molecule has 2 saturated carbocycles. The van der Waals surface area contributed by atoms with Crippen LogP contribution in [-0.4, -0.2) is 37.5 Å². The first-order chi connectivity index (χ1) is 13.6. The molecule has 0 saturated heterocycles. The molecule has 0 radical (unpaired) electrons. The van der Waals surface area contributed by atoms with Gasteiger partial charge in [0.15, 0.2) is 0 Å². The average molecular weight is 383 g/mol. The summed E-state index contributed by atoms with van der Waals surface area (Å²) in [5.74, 6) is 0.690. The molecule has 4 atom stereocenters. The van der Waals surface area contributed by atoms with Crippen molar-refractivity contribution in [3.05, 3.63) is 47.0 Å². The van der Waals surface area contributed by atoms with Crippen molar-refractivity contribution in [1.82, 2.24) is 0 Å². The van der Waals surface area contributed by atoms with Crippen LogP contribution in [0.15, 0.2) is 30.4 Å². The summed E-state index contributed by atoms with van der Waals surface area (Å²) >= 11 is 0. The molecular weight excluding hydrogens is 352 g/mol. The number of carbonyl (C=O) groups is 1. The zero-order valence-electron chi connectivity index (χ0n) is 16.7. The number of allylic oxidation sites excluding steroid dienone is 1. The minimum Gasteiger partial charge on any atom is -0.463 e. The molecule has 4 nitrogen and oxygen atoms in total. The summed E-state index contributed by atoms with van der Waals surface area (Å²) in [5, 5.41) is 8.77. The highest BCUT2D eigenvalue weighted by molar-refractivity contribution is 5.83. The van der Waals surface area contributed by atoms with E-state index in [9.17, 15) is 4.79 Å². The van der Waals surface area contributed by atoms with Crippen molar-refractivity contribution >= 4 is 5.97 Å². The zero-order valence-corrected chi connectivity index (χ0v) is 16.7. The standard InChI is InChI=1S/C22H28O4.C2H2/c1-14-4-3-5-17-18-7-6-16-13-22(18,12-15(16)2)20(19(14)17)21(24)26-11-10-25-9-8-23;1-2/h3-5,16,18,20,23H,2,6-13H2,1H3;1-2H/t16?,18?,20-,22+;/m1./s1. The number of fused-ring (bicyclic) bond motifs is 3. The molecular formula is C24H30O4. The summed E-state index contributed by atoms with van der Waals surface area (Å²) < 4.78 is 10.9. The number of esters is 1. The lowest BCUT2D eigenvalue weighted by Crippen LogP contribution is -2.35. The van der Waals surface area contributed by atoms with E-state index in [1.54, 1.807) is 0 Å². The number of benzene rings is 1. The Morgan fingerprint density at radius 3 is 2.82 bits per heavy atom. The molecule has 1 spiro atoms. The first kappa shape index (κ1) is 20.6. The van der Waals surface area contributed by atoms with E-state index >= 15 is 0 Å². The van der Waals surface area contributed by atoms with Crippen LogP contribution in [-0.2, 0) is 14.3 Å². The second-order valence-electron chi connectivity index (χ2n) is 8.11. The van der Waals surface area contributed by atoms with E-state index in [4.69, 9.17) is 14.6 Å². The summed E-state index contributed by atoms with van der Waals surface area (Å²) in [4.78, 5) is 13.2. The van der Waals surface area contributed by atoms with Crippen molar-refractivity contribution in [3.63, 3.8) is 0 Å². The third-order valence-corrected chi connectivity index (χ3v) is 6.80. The number of rotatable bonds is 6. The molecule has 2 unspecified atom stereocenters. The lowest BCUT2D eigenvalue weighted by molar-refractivity contribution is -0.151. The van der Waals surface area contributed by atoms with Crippen molar-refractivity contribution in [3.8, 4) is 12.8 Å². The molecule has 150 valence electrons. The normalized spacial score (nSPS) is 29.4. The van der Waals surface area contributed by atoms with E-state index in [-0.39, 0.29) is 37.1 Å². The van der Waals surface area contributed by atoms with Crippen LogP contribution >= 0.6 is 0 Å². The highest BCUT2D eigenvalue weighted by Gasteiger charge is 2.62. The Balaban J connectivity index is 0.00000109. The van der Waals surface area contributed by atoms with Gasteiger partial charge in [-0.15, -0.1) is 12.8 Å². The van der Waals surface area contributed by atoms with Crippen LogP contribution in [0.5, 0.6) is 0 Å². The molecule has 1 aromatic carbocycles. The van der Waals surface area contributed by atoms with Crippen molar-refractivity contribution in [1.29, 1.82) is 0 Å². The summed E-state index contributed by atoms with van der Waals surface area (Å²) in [5.41, 5.74) is 5.03. The number of aryl methyl sites for hydroxylation is 1. The van der Waals surface area contributed by atoms with E-state index < -0.39 is 0 Å². The second kappa shape index (κ2) is 8.51. The third kappa shape index (κ3) is 3.27. The predicted octanol–water partition coefficient (Wildman–Crippen LogP) is 3.72. The number of hydrogen-bond donors (Lipinski definition) is 1. The Hall–Kier alpha value is -2.09. The molecule has 1 N–H and O–H groups in total. The Morgan fingerprint density at radius 1 is 1.29 bits per heavy atom. The van der Waals surface area contributed by atoms with Crippen molar-refractivity contribution in [2.75, 3.05) is 26.4 Å². The molecule has 2 bridgehead atoms. The van der Waals surface area contributed by atoms with Crippen LogP contribution < -0.4 is 0 Å². The van der Waals surface area contributed by atoms with Crippen molar-refractivity contribution in [2.24, 2.45) is 11.3 Å². The average Bonchev–Trinajstić information content (AvgIpc) is 3.13. The second-order valence-corrected chi connectivity index (χ2v) is 8.11. The van der Waals surface area contributed by atoms with Gasteiger partial charge in [0.05, 0.1) is 25.7 Å². The number of ether oxygens (including phenoxy) is 2. The molecule has 0 amide bonds. The number of aliphatic hydroxyl groups excluding tert-OH is 1. The topological polar surface area (TPSA) is 55.8 Å². The van der Waals surface area contributed by atoms with Crippen LogP contribution in [0.4, 0.5) is 0 Å². The lowest BCUT2D eigenvalue weighted by atomic mass is 9.64. The van der Waals surface area contributed by atoms with Gasteiger partial charge in [-0.3, -0.25) is 4.79 Å². The van der Waals surface area contributed by atoms with Gasteiger partial charge in [0.2, 0.25) is 0 Å². The maximum atomic E-state index is 13.2. The fraction of sp³-hybridized carbons (Fsp3) is 0.542. The largest absolute Gasteiger partial charge is 0.463 e. The first-order valence-electron chi connectivity index (χ1n) is 10.0. The molecule has 0 heterocycles. The van der Waals surface area contributed by atoms with Crippen LogP contribution in [0.3, 0.4) is 0 Å². The van der Waals surface area contributed by atoms with E-state index in [0.717, 1.165) is 19.3 Å². The smallest absolute Gasteiger partial charge is 0.314 e. The summed E-state index contributed by atoms with van der Waals surface area (Å²) in [6.07, 6.45) is 12.3. The fourth-order valence-electron chi connectivity index (χ4n) is 5.85. The Labute approximate surface area is 167 Å². The van der Waals surface area contributed by atoms with Gasteiger partial charge in [0.25, 0.3) is 0 Å². The summed E-state index contributed by atoms with van der Waals surface area (Å²) in [6.45, 7) is 7.26. The Morgan fingerprint density at radius 2 is 2.07 bits per heavy atom. The minimum atomic E-state index is -0.191. The highest BCUT2D eigenvalue weighted by atomic mass is 16.6. The van der Waals surface area contributed by atoms with Gasteiger partial charge in [-0.1, -0.05) is 30.4 Å². The monoisotopic (exact) mass is 382 g/mol. The quantitative estimate of drug-likeness (QED) is 0.353. The third-order valence-electron chi connectivity index (χ3n) is 6.80. The maximum absolute atomic E-state index is 13.2. The van der Waals surface area contributed by atoms with E-state index in [1.807, 2.05) is 0 Å². The number of hydrogen-bond acceptors (Lipinski definition) is 4. The van der Waals surface area contributed by atoms with Gasteiger partial charge in [-0.2, -0.15) is 0 Å². The van der Waals surface area contributed by atoms with Gasteiger partial charge in [-0.25, -0.2) is 0 Å². The Bertz CT molecular complexity index is 765. The summed E-state index contributed by atoms with van der Waals surface area (Å²) in [7, 11) is 0. The van der Waals surface area contributed by atoms with Gasteiger partial charge < -0.3 is 14.6 Å². The maximum Gasteiger partial charge on any atom is 0.314 e. The van der Waals surface area contributed by atoms with Gasteiger partial charge in [0.1, 0.15) is 6.61 Å². The molecule has 0 aliphatic heterocycles. The number of carbonyl (C=O) groups excluding carboxylic acids is 1. The first-order valence-corrected chi connectivity index (χ1v) is 10.0. The van der Waals surface area contributed by atoms with Gasteiger partial charge >= 0.3 is 5.97 Å². The molecule has 3 aliphatic rings. The molecule has 28 heavy (non-hydrogen) atoms. The molecule has 0 aromatic heterocycles. The van der Waals surface area contributed by atoms with Gasteiger partial charge in [-0.05, 0) is 66.5 Å². The van der Waals surface area contributed by atoms with Crippen LogP contribution in [0, 0.1) is 31.1 Å². The zero-order chi connectivity index (χ0) is 20.3. The highest BCUT2D eigenvalue weighted by Crippen LogP contribution is 2.70. The molecule has 4 rings (SSSR count). The Kier molecular flexibility index (Phi) is 6.27. The van der Waals surface area contributed by atoms with E-state index in [0.29, 0.717) is 18.4 Å². The fourth-order valence-corrected chi connectivity index (χ4v) is 5.85. The van der Waals surface area contributed by atoms with Crippen LogP contribution in [0.25, 0.3) is 0 Å². The molecule has 3 aliphatic carbocycles.